The molecule has 0 saturated carbocycles. The lowest BCUT2D eigenvalue weighted by Crippen LogP contribution is -2.08. The van der Waals surface area contributed by atoms with Crippen molar-refractivity contribution in [3.63, 3.8) is 0 Å². The molecule has 1 atom stereocenters. The molecule has 108 valence electrons. The van der Waals surface area contributed by atoms with E-state index in [0.29, 0.717) is 6.61 Å². The highest BCUT2D eigenvalue weighted by Gasteiger charge is 2.11. The van der Waals surface area contributed by atoms with Crippen LogP contribution in [-0.2, 0) is 0 Å². The van der Waals surface area contributed by atoms with Crippen LogP contribution >= 0.6 is 0 Å². The van der Waals surface area contributed by atoms with Gasteiger partial charge in [0.25, 0.3) is 0 Å². The quantitative estimate of drug-likeness (QED) is 0.876. The zero-order valence-electron chi connectivity index (χ0n) is 12.2. The molecule has 0 saturated heterocycles. The van der Waals surface area contributed by atoms with E-state index in [0.717, 1.165) is 22.7 Å². The number of hydrogen-bond acceptors (Lipinski definition) is 4. The highest BCUT2D eigenvalue weighted by Crippen LogP contribution is 2.24. The molecule has 0 fully saturated rings. The van der Waals surface area contributed by atoms with Crippen molar-refractivity contribution in [1.29, 1.82) is 5.26 Å². The number of methoxy groups -OCH3 is 1. The molecule has 2 aromatic rings. The van der Waals surface area contributed by atoms with Gasteiger partial charge in [0, 0.05) is 11.8 Å². The number of ether oxygens (including phenoxy) is 2. The van der Waals surface area contributed by atoms with Crippen molar-refractivity contribution in [2.75, 3.05) is 19.0 Å². The van der Waals surface area contributed by atoms with Gasteiger partial charge in [0.05, 0.1) is 19.8 Å². The monoisotopic (exact) mass is 282 g/mol. The minimum atomic E-state index is -0.447. The van der Waals surface area contributed by atoms with Gasteiger partial charge in [-0.1, -0.05) is 18.2 Å². The van der Waals surface area contributed by atoms with Crippen LogP contribution in [0.1, 0.15) is 18.5 Å². The molecule has 2 aromatic carbocycles. The second kappa shape index (κ2) is 7.20. The molecule has 0 radical (unpaired) electrons. The van der Waals surface area contributed by atoms with Crippen LogP contribution in [0.3, 0.4) is 0 Å². The Morgan fingerprint density at radius 2 is 1.90 bits per heavy atom. The van der Waals surface area contributed by atoms with Gasteiger partial charge < -0.3 is 14.8 Å². The van der Waals surface area contributed by atoms with Gasteiger partial charge >= 0.3 is 0 Å². The lowest BCUT2D eigenvalue weighted by molar-refractivity contribution is 0.340. The fourth-order valence-corrected chi connectivity index (χ4v) is 2.02. The summed E-state index contributed by atoms with van der Waals surface area (Å²) in [5.41, 5.74) is 1.70. The standard InChI is InChI=1S/C17H18N2O2/c1-3-21-16-9-4-6-13(10-16)17(12-18)19-14-7-5-8-15(11-14)20-2/h4-11,17,19H,3H2,1-2H3. The number of anilines is 1. The summed E-state index contributed by atoms with van der Waals surface area (Å²) in [6.45, 7) is 2.53. The maximum Gasteiger partial charge on any atom is 0.140 e. The van der Waals surface area contributed by atoms with Gasteiger partial charge in [0.2, 0.25) is 0 Å². The topological polar surface area (TPSA) is 54.3 Å². The Kier molecular flexibility index (Phi) is 5.05. The Morgan fingerprint density at radius 3 is 2.62 bits per heavy atom. The Bertz CT molecular complexity index is 635. The Labute approximate surface area is 124 Å². The van der Waals surface area contributed by atoms with E-state index >= 15 is 0 Å². The molecular weight excluding hydrogens is 264 g/mol. The first-order valence-corrected chi connectivity index (χ1v) is 6.79. The number of rotatable bonds is 6. The molecule has 1 unspecified atom stereocenters. The van der Waals surface area contributed by atoms with Crippen molar-refractivity contribution >= 4 is 5.69 Å². The summed E-state index contributed by atoms with van der Waals surface area (Å²) in [7, 11) is 1.62. The predicted octanol–water partition coefficient (Wildman–Crippen LogP) is 3.77. The van der Waals surface area contributed by atoms with Crippen molar-refractivity contribution < 1.29 is 9.47 Å². The molecule has 0 aliphatic heterocycles. The second-order valence-corrected chi connectivity index (χ2v) is 4.44. The van der Waals surface area contributed by atoms with Gasteiger partial charge in [-0.3, -0.25) is 0 Å². The Morgan fingerprint density at radius 1 is 1.14 bits per heavy atom. The first-order chi connectivity index (χ1) is 10.3. The highest BCUT2D eigenvalue weighted by atomic mass is 16.5. The number of hydrogen-bond donors (Lipinski definition) is 1. The highest BCUT2D eigenvalue weighted by molar-refractivity contribution is 5.51. The number of nitriles is 1. The summed E-state index contributed by atoms with van der Waals surface area (Å²) >= 11 is 0. The largest absolute Gasteiger partial charge is 0.497 e. The summed E-state index contributed by atoms with van der Waals surface area (Å²) in [5.74, 6) is 1.52. The number of nitrogens with one attached hydrogen (secondary N) is 1. The van der Waals surface area contributed by atoms with E-state index in [1.165, 1.54) is 0 Å². The van der Waals surface area contributed by atoms with Gasteiger partial charge in [-0.25, -0.2) is 0 Å². The molecule has 1 N–H and O–H groups in total. The fraction of sp³-hybridized carbons (Fsp3) is 0.235. The maximum absolute atomic E-state index is 9.40. The van der Waals surface area contributed by atoms with Crippen LogP contribution in [0.2, 0.25) is 0 Å². The Hall–Kier alpha value is -2.67. The van der Waals surface area contributed by atoms with E-state index in [1.807, 2.05) is 55.5 Å². The van der Waals surface area contributed by atoms with Crippen LogP contribution in [0.15, 0.2) is 48.5 Å². The average Bonchev–Trinajstić information content (AvgIpc) is 2.53. The van der Waals surface area contributed by atoms with Crippen molar-refractivity contribution in [3.8, 4) is 17.6 Å². The van der Waals surface area contributed by atoms with Crippen LogP contribution in [0.5, 0.6) is 11.5 Å². The minimum Gasteiger partial charge on any atom is -0.497 e. The van der Waals surface area contributed by atoms with Crippen molar-refractivity contribution in [3.05, 3.63) is 54.1 Å². The van der Waals surface area contributed by atoms with Crippen molar-refractivity contribution in [2.45, 2.75) is 13.0 Å². The third kappa shape index (κ3) is 3.90. The van der Waals surface area contributed by atoms with Gasteiger partial charge in [-0.15, -0.1) is 0 Å². The molecule has 0 aliphatic carbocycles. The van der Waals surface area contributed by atoms with E-state index in [4.69, 9.17) is 9.47 Å². The van der Waals surface area contributed by atoms with Gasteiger partial charge in [0.15, 0.2) is 0 Å². The number of benzene rings is 2. The molecule has 0 aromatic heterocycles. The van der Waals surface area contributed by atoms with Gasteiger partial charge in [-0.05, 0) is 36.8 Å². The molecule has 2 rings (SSSR count). The van der Waals surface area contributed by atoms with E-state index in [2.05, 4.69) is 11.4 Å². The van der Waals surface area contributed by atoms with E-state index in [1.54, 1.807) is 7.11 Å². The number of nitrogens with zero attached hydrogens (tertiary/aromatic N) is 1. The third-order valence-electron chi connectivity index (χ3n) is 3.01. The zero-order valence-corrected chi connectivity index (χ0v) is 12.2. The molecular formula is C17H18N2O2. The maximum atomic E-state index is 9.40. The van der Waals surface area contributed by atoms with Crippen LogP contribution in [-0.4, -0.2) is 13.7 Å². The summed E-state index contributed by atoms with van der Waals surface area (Å²) in [5, 5.41) is 12.6. The zero-order chi connectivity index (χ0) is 15.1. The molecule has 0 amide bonds. The molecule has 4 heteroatoms. The smallest absolute Gasteiger partial charge is 0.140 e. The molecule has 21 heavy (non-hydrogen) atoms. The van der Waals surface area contributed by atoms with Crippen LogP contribution in [0.4, 0.5) is 5.69 Å². The van der Waals surface area contributed by atoms with E-state index < -0.39 is 6.04 Å². The van der Waals surface area contributed by atoms with Crippen LogP contribution < -0.4 is 14.8 Å². The SMILES string of the molecule is CCOc1cccc(C(C#N)Nc2cccc(OC)c2)c1. The fourth-order valence-electron chi connectivity index (χ4n) is 2.02. The molecule has 0 spiro atoms. The van der Waals surface area contributed by atoms with Gasteiger partial charge in [-0.2, -0.15) is 5.26 Å². The van der Waals surface area contributed by atoms with Crippen LogP contribution in [0, 0.1) is 11.3 Å². The minimum absolute atomic E-state index is 0.447. The van der Waals surface area contributed by atoms with Gasteiger partial charge in [0.1, 0.15) is 17.5 Å². The first kappa shape index (κ1) is 14.7. The first-order valence-electron chi connectivity index (χ1n) is 6.79. The second-order valence-electron chi connectivity index (χ2n) is 4.44. The summed E-state index contributed by atoms with van der Waals surface area (Å²) < 4.78 is 10.7. The third-order valence-corrected chi connectivity index (χ3v) is 3.01. The van der Waals surface area contributed by atoms with E-state index in [9.17, 15) is 5.26 Å². The lowest BCUT2D eigenvalue weighted by Gasteiger charge is -2.15. The normalized spacial score (nSPS) is 11.3. The molecule has 0 aliphatic rings. The molecule has 0 heterocycles. The lowest BCUT2D eigenvalue weighted by atomic mass is 10.1. The van der Waals surface area contributed by atoms with E-state index in [-0.39, 0.29) is 0 Å². The summed E-state index contributed by atoms with van der Waals surface area (Å²) in [6, 6.07) is 16.9. The van der Waals surface area contributed by atoms with Crippen molar-refractivity contribution in [1.82, 2.24) is 0 Å². The molecule has 0 bridgehead atoms. The van der Waals surface area contributed by atoms with Crippen LogP contribution in [0.25, 0.3) is 0 Å². The average molecular weight is 282 g/mol. The Balaban J connectivity index is 2.19. The summed E-state index contributed by atoms with van der Waals surface area (Å²) in [6.07, 6.45) is 0. The predicted molar refractivity (Wildman–Crippen MR) is 82.6 cm³/mol. The summed E-state index contributed by atoms with van der Waals surface area (Å²) in [4.78, 5) is 0. The van der Waals surface area contributed by atoms with Crippen molar-refractivity contribution in [2.24, 2.45) is 0 Å². The molecule has 4 nitrogen and oxygen atoms in total.